The van der Waals surface area contributed by atoms with Crippen molar-refractivity contribution >= 4 is 45.4 Å². The van der Waals surface area contributed by atoms with Crippen molar-refractivity contribution in [1.82, 2.24) is 20.5 Å². The van der Waals surface area contributed by atoms with Gasteiger partial charge in [-0.05, 0) is 66.6 Å². The summed E-state index contributed by atoms with van der Waals surface area (Å²) in [5, 5.41) is 10.8. The average molecular weight is 565 g/mol. The highest BCUT2D eigenvalue weighted by atomic mass is 32.1. The largest absolute Gasteiger partial charge is 0.352 e. The molecule has 0 spiro atoms. The van der Waals surface area contributed by atoms with Crippen LogP contribution in [0.5, 0.6) is 0 Å². The number of carbonyl (C=O) groups excluding carboxylic acids is 3. The third kappa shape index (κ3) is 5.23. The van der Waals surface area contributed by atoms with Crippen LogP contribution in [0.15, 0.2) is 30.5 Å². The van der Waals surface area contributed by atoms with Gasteiger partial charge in [-0.1, -0.05) is 12.1 Å². The monoisotopic (exact) mass is 564 g/mol. The number of fused-ring (bicyclic) bond motifs is 1. The molecule has 3 aromatic rings. The molecule has 9 nitrogen and oxygen atoms in total. The third-order valence-electron chi connectivity index (χ3n) is 7.80. The summed E-state index contributed by atoms with van der Waals surface area (Å²) in [4.78, 5) is 45.1. The standard InChI is InChI=1S/C28H32N6O3S2/c1-15(35)31-11-16-4-5-18(19-6-7-20(29)25(16)19)23-12-32-27(39-23)17-13-34(14-17)28(37)22-8-9-24(38-22)33-26(36)21-3-2-10-30-21/h4-5,8-9,12,17,20-21,30H,2-3,6-7,10-11,13-14,29H2,1H3,(H,31,35)(H,33,36)/t20?,21-/m0/s1. The zero-order chi connectivity index (χ0) is 27.1. The number of hydrogen-bond donors (Lipinski definition) is 4. The first kappa shape index (κ1) is 26.1. The van der Waals surface area contributed by atoms with Crippen molar-refractivity contribution < 1.29 is 14.4 Å². The highest BCUT2D eigenvalue weighted by Gasteiger charge is 2.35. The molecule has 3 amide bonds. The molecule has 11 heteroatoms. The molecule has 2 fully saturated rings. The lowest BCUT2D eigenvalue weighted by Gasteiger charge is -2.37. The molecule has 3 aliphatic rings. The number of benzene rings is 1. The molecule has 2 aliphatic heterocycles. The Balaban J connectivity index is 1.09. The third-order valence-corrected chi connectivity index (χ3v) is 9.98. The summed E-state index contributed by atoms with van der Waals surface area (Å²) >= 11 is 3.01. The van der Waals surface area contributed by atoms with Crippen LogP contribution in [0.25, 0.3) is 10.4 Å². The predicted octanol–water partition coefficient (Wildman–Crippen LogP) is 3.38. The number of thiazole rings is 1. The Morgan fingerprint density at radius 2 is 2.00 bits per heavy atom. The van der Waals surface area contributed by atoms with Crippen molar-refractivity contribution in [2.24, 2.45) is 5.73 Å². The first-order valence-electron chi connectivity index (χ1n) is 13.4. The maximum Gasteiger partial charge on any atom is 0.264 e. The molecule has 1 aromatic carbocycles. The smallest absolute Gasteiger partial charge is 0.264 e. The van der Waals surface area contributed by atoms with Crippen LogP contribution in [-0.4, -0.2) is 53.3 Å². The Bertz CT molecular complexity index is 1420. The second-order valence-electron chi connectivity index (χ2n) is 10.5. The van der Waals surface area contributed by atoms with Gasteiger partial charge in [0.1, 0.15) is 0 Å². The van der Waals surface area contributed by atoms with E-state index in [1.807, 2.05) is 11.1 Å². The molecule has 6 rings (SSSR count). The van der Waals surface area contributed by atoms with Gasteiger partial charge in [-0.25, -0.2) is 4.98 Å². The number of nitrogens with zero attached hydrogens (tertiary/aromatic N) is 2. The van der Waals surface area contributed by atoms with Crippen LogP contribution >= 0.6 is 22.7 Å². The van der Waals surface area contributed by atoms with E-state index in [0.717, 1.165) is 53.2 Å². The second kappa shape index (κ2) is 10.8. The summed E-state index contributed by atoms with van der Waals surface area (Å²) < 4.78 is 0. The molecule has 0 radical (unpaired) electrons. The van der Waals surface area contributed by atoms with E-state index in [2.05, 4.69) is 28.1 Å². The van der Waals surface area contributed by atoms with Crippen LogP contribution in [0.3, 0.4) is 0 Å². The van der Waals surface area contributed by atoms with E-state index in [1.54, 1.807) is 23.5 Å². The van der Waals surface area contributed by atoms with Gasteiger partial charge in [-0.2, -0.15) is 0 Å². The maximum atomic E-state index is 13.0. The number of carbonyl (C=O) groups is 3. The lowest BCUT2D eigenvalue weighted by atomic mass is 9.96. The van der Waals surface area contributed by atoms with Gasteiger partial charge < -0.3 is 26.6 Å². The predicted molar refractivity (Wildman–Crippen MR) is 153 cm³/mol. The van der Waals surface area contributed by atoms with E-state index < -0.39 is 0 Å². The maximum absolute atomic E-state index is 13.0. The van der Waals surface area contributed by atoms with Crippen LogP contribution in [0.4, 0.5) is 5.00 Å². The summed E-state index contributed by atoms with van der Waals surface area (Å²) in [6.07, 6.45) is 5.60. The number of nitrogens with two attached hydrogens (primary N) is 1. The topological polar surface area (TPSA) is 129 Å². The van der Waals surface area contributed by atoms with Crippen molar-refractivity contribution in [2.75, 3.05) is 25.0 Å². The van der Waals surface area contributed by atoms with Crippen molar-refractivity contribution in [3.8, 4) is 10.4 Å². The first-order valence-corrected chi connectivity index (χ1v) is 15.0. The molecule has 2 atom stereocenters. The summed E-state index contributed by atoms with van der Waals surface area (Å²) in [5.74, 6) is 0.123. The molecule has 4 heterocycles. The molecular formula is C28H32N6O3S2. The number of aromatic nitrogens is 1. The molecule has 2 aromatic heterocycles. The van der Waals surface area contributed by atoms with Crippen molar-refractivity contribution in [1.29, 1.82) is 0 Å². The molecule has 204 valence electrons. The zero-order valence-electron chi connectivity index (χ0n) is 21.8. The van der Waals surface area contributed by atoms with Crippen LogP contribution in [0, 0.1) is 0 Å². The number of rotatable bonds is 7. The van der Waals surface area contributed by atoms with Crippen LogP contribution in [-0.2, 0) is 22.6 Å². The Morgan fingerprint density at radius 3 is 2.77 bits per heavy atom. The molecule has 39 heavy (non-hydrogen) atoms. The second-order valence-corrected chi connectivity index (χ2v) is 12.6. The normalized spacial score (nSPS) is 20.5. The van der Waals surface area contributed by atoms with Gasteiger partial charge in [0.25, 0.3) is 5.91 Å². The average Bonchev–Trinajstić information content (AvgIpc) is 3.69. The molecule has 0 saturated carbocycles. The number of anilines is 1. The van der Waals surface area contributed by atoms with E-state index in [-0.39, 0.29) is 35.7 Å². The Labute approximate surface area is 235 Å². The summed E-state index contributed by atoms with van der Waals surface area (Å²) in [6.45, 7) is 4.15. The number of nitrogens with one attached hydrogen (secondary N) is 3. The van der Waals surface area contributed by atoms with Gasteiger partial charge in [0.15, 0.2) is 0 Å². The highest BCUT2D eigenvalue weighted by molar-refractivity contribution is 7.18. The SMILES string of the molecule is CC(=O)NCc1ccc(-c2cnc(C3CN(C(=O)c4ccc(NC(=O)[C@@H]5CCCN5)s4)C3)s2)c2c1C(N)CC2. The van der Waals surface area contributed by atoms with E-state index in [1.165, 1.54) is 29.4 Å². The molecule has 5 N–H and O–H groups in total. The molecule has 0 bridgehead atoms. The molecule has 1 unspecified atom stereocenters. The fourth-order valence-electron chi connectivity index (χ4n) is 5.69. The van der Waals surface area contributed by atoms with Crippen LogP contribution in [0.2, 0.25) is 0 Å². The van der Waals surface area contributed by atoms with E-state index in [4.69, 9.17) is 10.7 Å². The van der Waals surface area contributed by atoms with E-state index in [9.17, 15) is 14.4 Å². The van der Waals surface area contributed by atoms with Crippen LogP contribution < -0.4 is 21.7 Å². The van der Waals surface area contributed by atoms with Gasteiger partial charge in [0, 0.05) is 44.7 Å². The van der Waals surface area contributed by atoms with Crippen molar-refractivity contribution in [2.45, 2.75) is 57.2 Å². The highest BCUT2D eigenvalue weighted by Crippen LogP contribution is 2.42. The minimum Gasteiger partial charge on any atom is -0.352 e. The van der Waals surface area contributed by atoms with Crippen molar-refractivity contribution in [3.63, 3.8) is 0 Å². The minimum absolute atomic E-state index is 0.00548. The Hall–Kier alpha value is -3.12. The van der Waals surface area contributed by atoms with E-state index in [0.29, 0.717) is 29.5 Å². The number of amides is 3. The van der Waals surface area contributed by atoms with Gasteiger partial charge in [-0.3, -0.25) is 14.4 Å². The fraction of sp³-hybridized carbons (Fsp3) is 0.429. The lowest BCUT2D eigenvalue weighted by molar-refractivity contribution is -0.119. The van der Waals surface area contributed by atoms with Crippen molar-refractivity contribution in [3.05, 3.63) is 57.0 Å². The quantitative estimate of drug-likeness (QED) is 0.348. The molecular weight excluding hydrogens is 532 g/mol. The van der Waals surface area contributed by atoms with Gasteiger partial charge in [-0.15, -0.1) is 22.7 Å². The molecule has 2 saturated heterocycles. The summed E-state index contributed by atoms with van der Waals surface area (Å²) in [7, 11) is 0. The van der Waals surface area contributed by atoms with Crippen LogP contribution in [0.1, 0.15) is 69.5 Å². The molecule has 1 aliphatic carbocycles. The Morgan fingerprint density at radius 1 is 1.15 bits per heavy atom. The lowest BCUT2D eigenvalue weighted by Crippen LogP contribution is -2.48. The minimum atomic E-state index is -0.148. The number of hydrogen-bond acceptors (Lipinski definition) is 8. The summed E-state index contributed by atoms with van der Waals surface area (Å²) in [6, 6.07) is 7.62. The van der Waals surface area contributed by atoms with E-state index >= 15 is 0 Å². The number of likely N-dealkylation sites (tertiary alicyclic amines) is 1. The number of thiophene rings is 1. The Kier molecular flexibility index (Phi) is 7.23. The van der Waals surface area contributed by atoms with Gasteiger partial charge in [0.2, 0.25) is 11.8 Å². The first-order chi connectivity index (χ1) is 18.9. The zero-order valence-corrected chi connectivity index (χ0v) is 23.4. The summed E-state index contributed by atoms with van der Waals surface area (Å²) in [5.41, 5.74) is 11.1. The van der Waals surface area contributed by atoms with Gasteiger partial charge in [0.05, 0.1) is 25.8 Å². The van der Waals surface area contributed by atoms with Gasteiger partial charge >= 0.3 is 0 Å². The fourth-order valence-corrected chi connectivity index (χ4v) is 7.62.